The molecule has 1 amide bonds. The Morgan fingerprint density at radius 3 is 3.05 bits per heavy atom. The van der Waals surface area contributed by atoms with E-state index < -0.39 is 0 Å². The van der Waals surface area contributed by atoms with Gasteiger partial charge in [-0.15, -0.1) is 11.3 Å². The quantitative estimate of drug-likeness (QED) is 0.943. The lowest BCUT2D eigenvalue weighted by Crippen LogP contribution is -2.46. The fraction of sp³-hybridized carbons (Fsp3) is 0.600. The second kappa shape index (κ2) is 5.77. The summed E-state index contributed by atoms with van der Waals surface area (Å²) in [6, 6.07) is -0.0371. The lowest BCUT2D eigenvalue weighted by atomic mass is 9.91. The fourth-order valence-corrected chi connectivity index (χ4v) is 4.00. The van der Waals surface area contributed by atoms with Crippen molar-refractivity contribution in [1.29, 1.82) is 0 Å². The van der Waals surface area contributed by atoms with Gasteiger partial charge in [-0.25, -0.2) is 4.98 Å². The van der Waals surface area contributed by atoms with Gasteiger partial charge in [-0.05, 0) is 19.8 Å². The first kappa shape index (κ1) is 14.5. The first-order chi connectivity index (χ1) is 10.1. The smallest absolute Gasteiger partial charge is 0.228 e. The van der Waals surface area contributed by atoms with E-state index in [1.165, 1.54) is 0 Å². The van der Waals surface area contributed by atoms with Crippen molar-refractivity contribution in [2.24, 2.45) is 0 Å². The number of aryl methyl sites for hydroxylation is 1. The number of imidazole rings is 1. The molecular formula is C15H21N3O2S. The number of nitrogens with zero attached hydrogens (tertiary/aromatic N) is 3. The number of amides is 1. The highest BCUT2D eigenvalue weighted by Crippen LogP contribution is 2.23. The van der Waals surface area contributed by atoms with Crippen molar-refractivity contribution in [3.05, 3.63) is 23.0 Å². The molecule has 1 aliphatic carbocycles. The maximum atomic E-state index is 12.5. The van der Waals surface area contributed by atoms with E-state index in [1.54, 1.807) is 16.2 Å². The van der Waals surface area contributed by atoms with Crippen LogP contribution in [0.25, 0.3) is 4.96 Å². The van der Waals surface area contributed by atoms with Gasteiger partial charge in [0.2, 0.25) is 5.91 Å². The molecule has 2 aromatic rings. The molecule has 21 heavy (non-hydrogen) atoms. The van der Waals surface area contributed by atoms with Crippen LogP contribution < -0.4 is 0 Å². The van der Waals surface area contributed by atoms with Gasteiger partial charge in [-0.2, -0.15) is 0 Å². The summed E-state index contributed by atoms with van der Waals surface area (Å²) < 4.78 is 1.99. The number of aromatic nitrogens is 2. The lowest BCUT2D eigenvalue weighted by molar-refractivity contribution is -0.134. The van der Waals surface area contributed by atoms with Crippen LogP contribution in [-0.4, -0.2) is 44.5 Å². The molecule has 0 spiro atoms. The Morgan fingerprint density at radius 2 is 2.29 bits per heavy atom. The summed E-state index contributed by atoms with van der Waals surface area (Å²) in [6.45, 7) is 1.95. The van der Waals surface area contributed by atoms with Crippen molar-refractivity contribution in [1.82, 2.24) is 14.3 Å². The molecule has 6 heteroatoms. The van der Waals surface area contributed by atoms with Gasteiger partial charge in [0, 0.05) is 24.3 Å². The maximum absolute atomic E-state index is 12.5. The normalized spacial score (nSPS) is 22.6. The van der Waals surface area contributed by atoms with E-state index >= 15 is 0 Å². The number of aliphatic hydroxyl groups is 1. The molecule has 2 unspecified atom stereocenters. The number of thiazole rings is 1. The Bertz CT molecular complexity index is 648. The molecule has 1 saturated carbocycles. The number of hydrogen-bond donors (Lipinski definition) is 1. The molecular weight excluding hydrogens is 286 g/mol. The van der Waals surface area contributed by atoms with Crippen molar-refractivity contribution in [2.75, 3.05) is 7.05 Å². The van der Waals surface area contributed by atoms with Crippen molar-refractivity contribution in [3.63, 3.8) is 0 Å². The van der Waals surface area contributed by atoms with Crippen molar-refractivity contribution < 1.29 is 9.90 Å². The van der Waals surface area contributed by atoms with Gasteiger partial charge in [0.15, 0.2) is 4.96 Å². The summed E-state index contributed by atoms with van der Waals surface area (Å²) >= 11 is 1.56. The molecule has 1 N–H and O–H groups in total. The van der Waals surface area contributed by atoms with Gasteiger partial charge in [-0.1, -0.05) is 12.8 Å². The Balaban J connectivity index is 1.73. The van der Waals surface area contributed by atoms with Gasteiger partial charge < -0.3 is 10.0 Å². The molecule has 5 nitrogen and oxygen atoms in total. The van der Waals surface area contributed by atoms with E-state index in [0.717, 1.165) is 42.0 Å². The van der Waals surface area contributed by atoms with Crippen LogP contribution in [0, 0.1) is 6.92 Å². The minimum absolute atomic E-state index is 0.0371. The van der Waals surface area contributed by atoms with Crippen LogP contribution in [0.1, 0.15) is 37.1 Å². The van der Waals surface area contributed by atoms with Gasteiger partial charge >= 0.3 is 0 Å². The van der Waals surface area contributed by atoms with E-state index in [0.29, 0.717) is 6.42 Å². The number of rotatable bonds is 3. The van der Waals surface area contributed by atoms with Crippen LogP contribution in [0.3, 0.4) is 0 Å². The maximum Gasteiger partial charge on any atom is 0.228 e. The third-order valence-electron chi connectivity index (χ3n) is 4.32. The average molecular weight is 307 g/mol. The Labute approximate surface area is 128 Å². The van der Waals surface area contributed by atoms with Crippen LogP contribution in [-0.2, 0) is 11.2 Å². The number of carbonyl (C=O) groups is 1. The van der Waals surface area contributed by atoms with Crippen LogP contribution in [0.4, 0.5) is 0 Å². The molecule has 1 aliphatic rings. The molecule has 1 fully saturated rings. The molecule has 0 aromatic carbocycles. The van der Waals surface area contributed by atoms with E-state index in [4.69, 9.17) is 0 Å². The van der Waals surface area contributed by atoms with Gasteiger partial charge in [-0.3, -0.25) is 9.20 Å². The SMILES string of the molecule is Cc1cn2c(CC(=O)N(C)C3CCCCC3O)csc2n1. The summed E-state index contributed by atoms with van der Waals surface area (Å²) in [5, 5.41) is 12.1. The number of carbonyl (C=O) groups excluding carboxylic acids is 1. The highest BCUT2D eigenvalue weighted by Gasteiger charge is 2.29. The Kier molecular flexibility index (Phi) is 3.99. The summed E-state index contributed by atoms with van der Waals surface area (Å²) in [5.74, 6) is 0.0620. The standard InChI is InChI=1S/C15H21N3O2S/c1-10-8-18-11(9-21-15(18)16-10)7-14(20)17(2)12-5-3-4-6-13(12)19/h8-9,12-13,19H,3-7H2,1-2H3. The van der Waals surface area contributed by atoms with E-state index in [2.05, 4.69) is 4.98 Å². The number of likely N-dealkylation sites (N-methyl/N-ethyl adjacent to an activating group) is 1. The molecule has 0 saturated heterocycles. The molecule has 114 valence electrons. The topological polar surface area (TPSA) is 57.8 Å². The largest absolute Gasteiger partial charge is 0.391 e. The zero-order valence-corrected chi connectivity index (χ0v) is 13.3. The van der Waals surface area contributed by atoms with E-state index in [-0.39, 0.29) is 18.1 Å². The summed E-state index contributed by atoms with van der Waals surface area (Å²) in [4.78, 5) is 19.6. The van der Waals surface area contributed by atoms with Gasteiger partial charge in [0.1, 0.15) is 0 Å². The van der Waals surface area contributed by atoms with Gasteiger partial charge in [0.05, 0.1) is 24.3 Å². The molecule has 2 heterocycles. The zero-order chi connectivity index (χ0) is 15.0. The minimum atomic E-state index is -0.384. The van der Waals surface area contributed by atoms with E-state index in [9.17, 15) is 9.90 Å². The summed E-state index contributed by atoms with van der Waals surface area (Å²) in [6.07, 6.45) is 5.77. The molecule has 2 aromatic heterocycles. The third-order valence-corrected chi connectivity index (χ3v) is 5.21. The second-order valence-corrected chi connectivity index (χ2v) is 6.70. The van der Waals surface area contributed by atoms with Crippen molar-refractivity contribution >= 4 is 22.2 Å². The summed E-state index contributed by atoms with van der Waals surface area (Å²) in [5.41, 5.74) is 1.93. The Hall–Kier alpha value is -1.40. The van der Waals surface area contributed by atoms with Crippen molar-refractivity contribution in [3.8, 4) is 0 Å². The molecule has 2 atom stereocenters. The number of hydrogen-bond acceptors (Lipinski definition) is 4. The first-order valence-electron chi connectivity index (χ1n) is 7.42. The highest BCUT2D eigenvalue weighted by atomic mass is 32.1. The number of aliphatic hydroxyl groups excluding tert-OH is 1. The molecule has 3 rings (SSSR count). The van der Waals surface area contributed by atoms with Crippen LogP contribution in [0.5, 0.6) is 0 Å². The molecule has 0 bridgehead atoms. The van der Waals surface area contributed by atoms with Crippen LogP contribution in [0.15, 0.2) is 11.6 Å². The third kappa shape index (κ3) is 2.82. The second-order valence-electron chi connectivity index (χ2n) is 5.86. The predicted molar refractivity (Wildman–Crippen MR) is 82.5 cm³/mol. The summed E-state index contributed by atoms with van der Waals surface area (Å²) in [7, 11) is 1.81. The lowest BCUT2D eigenvalue weighted by Gasteiger charge is -2.35. The van der Waals surface area contributed by atoms with Gasteiger partial charge in [0.25, 0.3) is 0 Å². The molecule has 0 aliphatic heterocycles. The van der Waals surface area contributed by atoms with Crippen LogP contribution >= 0.6 is 11.3 Å². The zero-order valence-electron chi connectivity index (χ0n) is 12.5. The predicted octanol–water partition coefficient (Wildman–Crippen LogP) is 2.01. The number of fused-ring (bicyclic) bond motifs is 1. The highest BCUT2D eigenvalue weighted by molar-refractivity contribution is 7.15. The van der Waals surface area contributed by atoms with Crippen molar-refractivity contribution in [2.45, 2.75) is 51.2 Å². The molecule has 0 radical (unpaired) electrons. The fourth-order valence-electron chi connectivity index (χ4n) is 3.08. The Morgan fingerprint density at radius 1 is 1.52 bits per heavy atom. The van der Waals surface area contributed by atoms with Crippen LogP contribution in [0.2, 0.25) is 0 Å². The first-order valence-corrected chi connectivity index (χ1v) is 8.30. The minimum Gasteiger partial charge on any atom is -0.391 e. The van der Waals surface area contributed by atoms with E-state index in [1.807, 2.05) is 29.9 Å². The monoisotopic (exact) mass is 307 g/mol. The average Bonchev–Trinajstić information content (AvgIpc) is 2.99.